The first-order valence-electron chi connectivity index (χ1n) is 13.3. The zero-order chi connectivity index (χ0) is 26.1. The van der Waals surface area contributed by atoms with Crippen LogP contribution in [0.1, 0.15) is 92.7 Å². The summed E-state index contributed by atoms with van der Waals surface area (Å²) in [6, 6.07) is 9.22. The van der Waals surface area contributed by atoms with E-state index in [0.717, 1.165) is 28.7 Å². The highest BCUT2D eigenvalue weighted by molar-refractivity contribution is 5.51. The number of rotatable bonds is 5. The lowest BCUT2D eigenvalue weighted by atomic mass is 9.32. The van der Waals surface area contributed by atoms with Gasteiger partial charge in [0, 0.05) is 0 Å². The van der Waals surface area contributed by atoms with Gasteiger partial charge in [0.25, 0.3) is 12.5 Å². The quantitative estimate of drug-likeness (QED) is 0.407. The Kier molecular flexibility index (Phi) is 5.50. The van der Waals surface area contributed by atoms with Gasteiger partial charge in [-0.15, -0.1) is 10.5 Å². The first kappa shape index (κ1) is 24.7. The van der Waals surface area contributed by atoms with Crippen LogP contribution in [-0.2, 0) is 10.8 Å². The largest absolute Gasteiger partial charge is 0.387 e. The first-order chi connectivity index (χ1) is 16.9. The number of hydrogen-bond donors (Lipinski definition) is 0. The number of hydrogen-bond acceptors (Lipinski definition) is 4. The second kappa shape index (κ2) is 8.01. The molecule has 4 aliphatic carbocycles. The van der Waals surface area contributed by atoms with E-state index in [1.54, 1.807) is 0 Å². The van der Waals surface area contributed by atoms with E-state index in [4.69, 9.17) is 20.0 Å². The zero-order valence-electron chi connectivity index (χ0n) is 22.8. The van der Waals surface area contributed by atoms with E-state index in [-0.39, 0.29) is 21.7 Å². The Hall–Kier alpha value is -2.98. The van der Waals surface area contributed by atoms with Crippen LogP contribution in [-0.4, -0.2) is 0 Å². The highest BCUT2D eigenvalue weighted by Crippen LogP contribution is 2.75. The molecular formula is C32H38N2O2. The van der Waals surface area contributed by atoms with Crippen LogP contribution in [0.25, 0.3) is 0 Å². The van der Waals surface area contributed by atoms with E-state index in [0.29, 0.717) is 17.4 Å². The van der Waals surface area contributed by atoms with Gasteiger partial charge in [-0.05, 0) is 127 Å². The maximum absolute atomic E-state index is 9.16. The van der Waals surface area contributed by atoms with Gasteiger partial charge in [-0.2, -0.15) is 0 Å². The van der Waals surface area contributed by atoms with Crippen molar-refractivity contribution in [3.63, 3.8) is 0 Å². The van der Waals surface area contributed by atoms with Gasteiger partial charge in [-0.1, -0.05) is 45.0 Å². The van der Waals surface area contributed by atoms with Gasteiger partial charge < -0.3 is 9.47 Å². The molecule has 2 aromatic rings. The summed E-state index contributed by atoms with van der Waals surface area (Å²) in [6.07, 6.45) is 11.0. The zero-order valence-corrected chi connectivity index (χ0v) is 22.8. The van der Waals surface area contributed by atoms with Crippen LogP contribution in [0.2, 0.25) is 0 Å². The van der Waals surface area contributed by atoms with E-state index in [1.165, 1.54) is 43.2 Å². The van der Waals surface area contributed by atoms with Crippen LogP contribution in [0.15, 0.2) is 24.3 Å². The molecule has 4 aliphatic rings. The van der Waals surface area contributed by atoms with Gasteiger partial charge in [0.15, 0.2) is 0 Å². The molecule has 0 aromatic heterocycles. The third kappa shape index (κ3) is 3.53. The molecule has 2 unspecified atom stereocenters. The van der Waals surface area contributed by atoms with Crippen molar-refractivity contribution in [2.75, 3.05) is 0 Å². The Morgan fingerprint density at radius 2 is 1.06 bits per heavy atom. The fourth-order valence-corrected chi connectivity index (χ4v) is 9.38. The molecule has 2 aromatic carbocycles. The molecule has 0 saturated heterocycles. The number of nitrogens with zero attached hydrogens (tertiary/aromatic N) is 2. The number of benzene rings is 2. The Labute approximate surface area is 216 Å². The van der Waals surface area contributed by atoms with Gasteiger partial charge in [0.05, 0.1) is 0 Å². The second-order valence-electron chi connectivity index (χ2n) is 13.2. The van der Waals surface area contributed by atoms with Crippen molar-refractivity contribution in [2.24, 2.45) is 16.7 Å². The Balaban J connectivity index is 1.71. The van der Waals surface area contributed by atoms with Crippen LogP contribution in [0.5, 0.6) is 11.5 Å². The van der Waals surface area contributed by atoms with Crippen molar-refractivity contribution >= 4 is 0 Å². The van der Waals surface area contributed by atoms with Crippen molar-refractivity contribution in [3.8, 4) is 24.0 Å². The van der Waals surface area contributed by atoms with Crippen LogP contribution in [0, 0.1) is 67.5 Å². The van der Waals surface area contributed by atoms with Crippen molar-refractivity contribution < 1.29 is 9.47 Å². The van der Waals surface area contributed by atoms with E-state index in [1.807, 2.05) is 12.5 Å². The number of aryl methyl sites for hydroxylation is 4. The van der Waals surface area contributed by atoms with Gasteiger partial charge in [-0.25, -0.2) is 0 Å². The van der Waals surface area contributed by atoms with Crippen LogP contribution in [0.4, 0.5) is 0 Å². The minimum absolute atomic E-state index is 0.0953. The van der Waals surface area contributed by atoms with Crippen LogP contribution < -0.4 is 9.47 Å². The van der Waals surface area contributed by atoms with E-state index >= 15 is 0 Å². The Bertz CT molecular complexity index is 1190. The SMILES string of the molecule is Cc1cc(C23CC4(C)CC(c5cc(C)c(OC#N)c(C)c5)(C2)CC(C(C)C)(C4)C3)cc(C)c1OC#N. The third-order valence-electron chi connectivity index (χ3n) is 10.0. The molecule has 0 amide bonds. The Morgan fingerprint density at radius 3 is 1.39 bits per heavy atom. The minimum atomic E-state index is 0.0953. The normalized spacial score (nSPS) is 32.3. The van der Waals surface area contributed by atoms with Crippen molar-refractivity contribution in [1.29, 1.82) is 10.5 Å². The highest BCUT2D eigenvalue weighted by atomic mass is 16.5. The summed E-state index contributed by atoms with van der Waals surface area (Å²) in [5, 5.41) is 18.3. The van der Waals surface area contributed by atoms with E-state index in [9.17, 15) is 0 Å². The van der Waals surface area contributed by atoms with Gasteiger partial charge in [0.2, 0.25) is 0 Å². The molecule has 4 bridgehead atoms. The minimum Gasteiger partial charge on any atom is -0.387 e. The summed E-state index contributed by atoms with van der Waals surface area (Å²) in [4.78, 5) is 0. The number of nitriles is 2. The molecular weight excluding hydrogens is 444 g/mol. The first-order valence-corrected chi connectivity index (χ1v) is 13.3. The van der Waals surface area contributed by atoms with Gasteiger partial charge in [0.1, 0.15) is 11.5 Å². The van der Waals surface area contributed by atoms with Crippen LogP contribution in [0.3, 0.4) is 0 Å². The number of ether oxygens (including phenoxy) is 2. The fourth-order valence-electron chi connectivity index (χ4n) is 9.38. The monoisotopic (exact) mass is 482 g/mol. The maximum Gasteiger partial charge on any atom is 0.292 e. The lowest BCUT2D eigenvalue weighted by Crippen LogP contribution is -2.64. The topological polar surface area (TPSA) is 66.0 Å². The third-order valence-corrected chi connectivity index (χ3v) is 10.0. The van der Waals surface area contributed by atoms with Crippen molar-refractivity contribution in [3.05, 3.63) is 57.6 Å². The second-order valence-corrected chi connectivity index (χ2v) is 13.2. The Morgan fingerprint density at radius 1 is 0.667 bits per heavy atom. The summed E-state index contributed by atoms with van der Waals surface area (Å²) in [5.74, 6) is 2.00. The lowest BCUT2D eigenvalue weighted by Gasteiger charge is -2.72. The fraction of sp³-hybridized carbons (Fsp3) is 0.562. The van der Waals surface area contributed by atoms with E-state index < -0.39 is 0 Å². The summed E-state index contributed by atoms with van der Waals surface area (Å²) >= 11 is 0. The van der Waals surface area contributed by atoms with Gasteiger partial charge >= 0.3 is 0 Å². The van der Waals surface area contributed by atoms with E-state index in [2.05, 4.69) is 72.7 Å². The standard InChI is InChI=1S/C32H38N2O2/c1-20(2)30-12-29(7)13-31(15-30,25-8-21(3)27(35-18-33)22(4)9-25)17-32(14-29,16-30)26-10-23(5)28(36-19-34)24(6)11-26/h8-11,20H,12-17H2,1-7H3. The average Bonchev–Trinajstić information content (AvgIpc) is 2.76. The molecule has 188 valence electrons. The van der Waals surface area contributed by atoms with Crippen LogP contribution >= 0.6 is 0 Å². The molecule has 4 nitrogen and oxygen atoms in total. The molecule has 4 heteroatoms. The molecule has 0 N–H and O–H groups in total. The molecule has 0 spiro atoms. The molecule has 4 saturated carbocycles. The summed E-state index contributed by atoms with van der Waals surface area (Å²) in [6.45, 7) is 15.7. The summed E-state index contributed by atoms with van der Waals surface area (Å²) in [5.41, 5.74) is 7.77. The predicted octanol–water partition coefficient (Wildman–Crippen LogP) is 7.85. The van der Waals surface area contributed by atoms with Crippen molar-refractivity contribution in [1.82, 2.24) is 0 Å². The summed E-state index contributed by atoms with van der Waals surface area (Å²) in [7, 11) is 0. The lowest BCUT2D eigenvalue weighted by molar-refractivity contribution is -0.153. The molecule has 4 fully saturated rings. The molecule has 2 atom stereocenters. The predicted molar refractivity (Wildman–Crippen MR) is 141 cm³/mol. The molecule has 0 heterocycles. The molecule has 0 aliphatic heterocycles. The molecule has 36 heavy (non-hydrogen) atoms. The smallest absolute Gasteiger partial charge is 0.292 e. The molecule has 0 radical (unpaired) electrons. The average molecular weight is 483 g/mol. The highest BCUT2D eigenvalue weighted by Gasteiger charge is 2.68. The van der Waals surface area contributed by atoms with Gasteiger partial charge in [-0.3, -0.25) is 0 Å². The maximum atomic E-state index is 9.16. The molecule has 6 rings (SSSR count). The summed E-state index contributed by atoms with van der Waals surface area (Å²) < 4.78 is 10.7. The van der Waals surface area contributed by atoms with Crippen molar-refractivity contribution in [2.45, 2.75) is 97.8 Å².